The van der Waals surface area contributed by atoms with Crippen molar-refractivity contribution in [2.24, 2.45) is 4.99 Å². The van der Waals surface area contributed by atoms with Crippen LogP contribution >= 0.6 is 22.7 Å². The molecule has 0 aliphatic carbocycles. The van der Waals surface area contributed by atoms with Crippen LogP contribution in [-0.4, -0.2) is 4.57 Å². The van der Waals surface area contributed by atoms with Crippen LogP contribution in [-0.2, 0) is 0 Å². The molecular weight excluding hydrogens is 384 g/mol. The lowest BCUT2D eigenvalue weighted by Gasteiger charge is -2.19. The van der Waals surface area contributed by atoms with Crippen molar-refractivity contribution in [1.29, 1.82) is 0 Å². The van der Waals surface area contributed by atoms with E-state index in [-0.39, 0.29) is 11.6 Å². The highest BCUT2D eigenvalue weighted by molar-refractivity contribution is 7.11. The minimum Gasteiger partial charge on any atom is -0.272 e. The van der Waals surface area contributed by atoms with Gasteiger partial charge in [0.05, 0.1) is 16.3 Å². The number of allylic oxidation sites excluding steroid dienone is 1. The second-order valence-corrected chi connectivity index (χ2v) is 8.46. The minimum absolute atomic E-state index is 0.00867. The van der Waals surface area contributed by atoms with Crippen molar-refractivity contribution in [2.75, 3.05) is 0 Å². The monoisotopic (exact) mass is 400 g/mol. The molecule has 0 saturated heterocycles. The lowest BCUT2D eigenvalue weighted by atomic mass is 10.0. The summed E-state index contributed by atoms with van der Waals surface area (Å²) < 4.78 is 2.52. The van der Waals surface area contributed by atoms with E-state index in [1.807, 2.05) is 64.6 Å². The summed E-state index contributed by atoms with van der Waals surface area (Å²) in [4.78, 5) is 19.9. The van der Waals surface area contributed by atoms with Gasteiger partial charge in [-0.15, -0.1) is 11.3 Å². The minimum atomic E-state index is -0.168. The van der Waals surface area contributed by atoms with E-state index in [0.717, 1.165) is 26.5 Å². The standard InChI is InChI=1S/C23H16N2OS2/c26-22-21(14-18-12-7-13-27-18)28-23-24-19(16-8-3-1-4-9-16)15-20(25(22)23)17-10-5-2-6-11-17/h1-15,20H/b21-14-. The zero-order chi connectivity index (χ0) is 18.9. The van der Waals surface area contributed by atoms with E-state index in [9.17, 15) is 4.79 Å². The fourth-order valence-electron chi connectivity index (χ4n) is 3.34. The van der Waals surface area contributed by atoms with Crippen LogP contribution in [0.5, 0.6) is 0 Å². The van der Waals surface area contributed by atoms with Gasteiger partial charge in [-0.3, -0.25) is 9.36 Å². The Hall–Kier alpha value is -3.02. The van der Waals surface area contributed by atoms with Crippen LogP contribution in [0.15, 0.2) is 94.0 Å². The van der Waals surface area contributed by atoms with Gasteiger partial charge in [0.15, 0.2) is 4.80 Å². The van der Waals surface area contributed by atoms with E-state index < -0.39 is 0 Å². The summed E-state index contributed by atoms with van der Waals surface area (Å²) in [7, 11) is 0. The SMILES string of the molecule is O=c1/c(=C/c2cccs2)sc2n1C(c1ccccc1)C=C(c1ccccc1)N=2. The third-order valence-corrected chi connectivity index (χ3v) is 6.48. The van der Waals surface area contributed by atoms with Crippen LogP contribution < -0.4 is 14.9 Å². The van der Waals surface area contributed by atoms with Crippen molar-refractivity contribution in [1.82, 2.24) is 4.57 Å². The van der Waals surface area contributed by atoms with Gasteiger partial charge in [0.25, 0.3) is 5.56 Å². The van der Waals surface area contributed by atoms with Crippen LogP contribution in [0.25, 0.3) is 11.8 Å². The Balaban J connectivity index is 1.76. The molecule has 0 spiro atoms. The Kier molecular flexibility index (Phi) is 4.39. The molecule has 0 N–H and O–H groups in total. The molecule has 0 amide bonds. The topological polar surface area (TPSA) is 34.4 Å². The Morgan fingerprint density at radius 2 is 1.68 bits per heavy atom. The Labute approximate surface area is 169 Å². The molecule has 5 rings (SSSR count). The van der Waals surface area contributed by atoms with Crippen LogP contribution in [0.4, 0.5) is 0 Å². The molecule has 5 heteroatoms. The molecule has 28 heavy (non-hydrogen) atoms. The first-order valence-electron chi connectivity index (χ1n) is 8.97. The first-order chi connectivity index (χ1) is 13.8. The summed E-state index contributed by atoms with van der Waals surface area (Å²) in [6.45, 7) is 0. The third-order valence-electron chi connectivity index (χ3n) is 4.67. The lowest BCUT2D eigenvalue weighted by molar-refractivity contribution is 0.644. The number of benzene rings is 2. The molecule has 136 valence electrons. The molecule has 2 aromatic heterocycles. The second kappa shape index (κ2) is 7.19. The molecule has 2 aromatic carbocycles. The fourth-order valence-corrected chi connectivity index (χ4v) is 5.08. The van der Waals surface area contributed by atoms with Crippen molar-refractivity contribution in [2.45, 2.75) is 6.04 Å². The molecule has 0 saturated carbocycles. The van der Waals surface area contributed by atoms with Crippen LogP contribution in [0, 0.1) is 0 Å². The molecule has 1 unspecified atom stereocenters. The van der Waals surface area contributed by atoms with E-state index >= 15 is 0 Å². The van der Waals surface area contributed by atoms with Gasteiger partial charge >= 0.3 is 0 Å². The Morgan fingerprint density at radius 1 is 0.929 bits per heavy atom. The normalized spacial score (nSPS) is 16.4. The fraction of sp³-hybridized carbons (Fsp3) is 0.0435. The summed E-state index contributed by atoms with van der Waals surface area (Å²) in [5, 5.41) is 2.02. The summed E-state index contributed by atoms with van der Waals surface area (Å²) in [6.07, 6.45) is 4.05. The van der Waals surface area contributed by atoms with Crippen LogP contribution in [0.1, 0.15) is 22.0 Å². The highest BCUT2D eigenvalue weighted by Gasteiger charge is 2.22. The smallest absolute Gasteiger partial charge is 0.271 e. The number of fused-ring (bicyclic) bond motifs is 1. The number of rotatable bonds is 3. The summed E-state index contributed by atoms with van der Waals surface area (Å²) in [5.74, 6) is 0. The van der Waals surface area contributed by atoms with Gasteiger partial charge in [-0.2, -0.15) is 0 Å². The van der Waals surface area contributed by atoms with E-state index in [2.05, 4.69) is 30.3 Å². The highest BCUT2D eigenvalue weighted by atomic mass is 32.1. The molecule has 1 aliphatic heterocycles. The second-order valence-electron chi connectivity index (χ2n) is 6.47. The molecule has 1 atom stereocenters. The maximum absolute atomic E-state index is 13.2. The predicted octanol–water partition coefficient (Wildman–Crippen LogP) is 4.06. The van der Waals surface area contributed by atoms with Crippen molar-refractivity contribution in [3.8, 4) is 0 Å². The number of hydrogen-bond acceptors (Lipinski definition) is 4. The molecule has 3 nitrogen and oxygen atoms in total. The average Bonchev–Trinajstić information content (AvgIpc) is 3.37. The van der Waals surface area contributed by atoms with E-state index in [0.29, 0.717) is 4.53 Å². The van der Waals surface area contributed by atoms with Crippen molar-refractivity contribution < 1.29 is 0 Å². The van der Waals surface area contributed by atoms with Crippen LogP contribution in [0.2, 0.25) is 0 Å². The zero-order valence-electron chi connectivity index (χ0n) is 14.9. The van der Waals surface area contributed by atoms with E-state index in [4.69, 9.17) is 4.99 Å². The first kappa shape index (κ1) is 17.1. The predicted molar refractivity (Wildman–Crippen MR) is 116 cm³/mol. The zero-order valence-corrected chi connectivity index (χ0v) is 16.5. The average molecular weight is 401 g/mol. The van der Waals surface area contributed by atoms with Gasteiger partial charge < -0.3 is 0 Å². The molecular formula is C23H16N2OS2. The van der Waals surface area contributed by atoms with Crippen molar-refractivity contribution in [3.63, 3.8) is 0 Å². The van der Waals surface area contributed by atoms with Gasteiger partial charge in [-0.05, 0) is 34.7 Å². The summed E-state index contributed by atoms with van der Waals surface area (Å²) in [5.41, 5.74) is 3.04. The maximum Gasteiger partial charge on any atom is 0.271 e. The Morgan fingerprint density at radius 3 is 2.39 bits per heavy atom. The first-order valence-corrected chi connectivity index (χ1v) is 10.7. The van der Waals surface area contributed by atoms with Gasteiger partial charge in [0, 0.05) is 4.88 Å². The van der Waals surface area contributed by atoms with Gasteiger partial charge in [0.1, 0.15) is 0 Å². The number of thiophene rings is 1. The number of thiazole rings is 1. The highest BCUT2D eigenvalue weighted by Crippen LogP contribution is 2.26. The molecule has 4 aromatic rings. The molecule has 0 bridgehead atoms. The molecule has 0 radical (unpaired) electrons. The summed E-state index contributed by atoms with van der Waals surface area (Å²) >= 11 is 3.08. The number of aromatic nitrogens is 1. The van der Waals surface area contributed by atoms with Crippen molar-refractivity contribution in [3.05, 3.63) is 120 Å². The van der Waals surface area contributed by atoms with Gasteiger partial charge in [0.2, 0.25) is 0 Å². The molecule has 3 heterocycles. The maximum atomic E-state index is 13.2. The molecule has 0 fully saturated rings. The van der Waals surface area contributed by atoms with Crippen LogP contribution in [0.3, 0.4) is 0 Å². The van der Waals surface area contributed by atoms with E-state index in [1.165, 1.54) is 11.3 Å². The molecule has 1 aliphatic rings. The van der Waals surface area contributed by atoms with Gasteiger partial charge in [-0.1, -0.05) is 78.1 Å². The third kappa shape index (κ3) is 3.09. The Bertz CT molecular complexity index is 1320. The van der Waals surface area contributed by atoms with Crippen molar-refractivity contribution >= 4 is 34.4 Å². The van der Waals surface area contributed by atoms with Gasteiger partial charge in [-0.25, -0.2) is 4.99 Å². The lowest BCUT2D eigenvalue weighted by Crippen LogP contribution is -2.36. The number of hydrogen-bond donors (Lipinski definition) is 0. The van der Waals surface area contributed by atoms with E-state index in [1.54, 1.807) is 11.3 Å². The summed E-state index contributed by atoms with van der Waals surface area (Å²) in [6, 6.07) is 24.1. The number of nitrogens with zero attached hydrogens (tertiary/aromatic N) is 2. The largest absolute Gasteiger partial charge is 0.272 e. The quantitative estimate of drug-likeness (QED) is 0.511.